The van der Waals surface area contributed by atoms with Crippen molar-refractivity contribution in [3.63, 3.8) is 0 Å². The summed E-state index contributed by atoms with van der Waals surface area (Å²) in [6, 6.07) is 22.8. The molecule has 1 fully saturated rings. The summed E-state index contributed by atoms with van der Waals surface area (Å²) in [6.07, 6.45) is 3.61. The van der Waals surface area contributed by atoms with Crippen molar-refractivity contribution in [3.8, 4) is 23.3 Å². The predicted molar refractivity (Wildman–Crippen MR) is 150 cm³/mol. The first kappa shape index (κ1) is 26.9. The second-order valence-electron chi connectivity index (χ2n) is 9.70. The van der Waals surface area contributed by atoms with Crippen molar-refractivity contribution < 1.29 is 19.4 Å². The summed E-state index contributed by atoms with van der Waals surface area (Å²) in [7, 11) is 0. The van der Waals surface area contributed by atoms with Gasteiger partial charge in [-0.25, -0.2) is 4.98 Å². The third kappa shape index (κ3) is 6.49. The SMILES string of the molecule is Cc1cccc(N2CCN(Cc3cncn3Cc3ccc(C#N)c(Oc4cccc(OCCO)c4)c3)CC2=O)c1. The van der Waals surface area contributed by atoms with Gasteiger partial charge < -0.3 is 24.0 Å². The number of aromatic nitrogens is 2. The molecular formula is C31H31N5O4. The molecule has 1 aromatic heterocycles. The first-order chi connectivity index (χ1) is 19.5. The van der Waals surface area contributed by atoms with Crippen LogP contribution in [0, 0.1) is 18.3 Å². The third-order valence-electron chi connectivity index (χ3n) is 6.71. The fourth-order valence-corrected chi connectivity index (χ4v) is 4.73. The van der Waals surface area contributed by atoms with Crippen LogP contribution in [0.5, 0.6) is 17.2 Å². The quantitative estimate of drug-likeness (QED) is 0.325. The van der Waals surface area contributed by atoms with Gasteiger partial charge in [0.25, 0.3) is 0 Å². The molecule has 0 aliphatic carbocycles. The highest BCUT2D eigenvalue weighted by atomic mass is 16.5. The molecule has 9 heteroatoms. The van der Waals surface area contributed by atoms with Crippen LogP contribution < -0.4 is 14.4 Å². The average Bonchev–Trinajstić information content (AvgIpc) is 3.38. The van der Waals surface area contributed by atoms with Crippen molar-refractivity contribution in [2.24, 2.45) is 0 Å². The van der Waals surface area contributed by atoms with E-state index in [1.807, 2.05) is 59.0 Å². The summed E-state index contributed by atoms with van der Waals surface area (Å²) in [4.78, 5) is 21.3. The molecule has 1 aliphatic rings. The van der Waals surface area contributed by atoms with E-state index in [1.54, 1.807) is 36.7 Å². The molecule has 0 saturated carbocycles. The Bertz CT molecular complexity index is 1530. The Balaban J connectivity index is 1.26. The van der Waals surface area contributed by atoms with E-state index in [4.69, 9.17) is 14.6 Å². The molecule has 1 amide bonds. The van der Waals surface area contributed by atoms with Gasteiger partial charge in [0.15, 0.2) is 0 Å². The number of amides is 1. The van der Waals surface area contributed by atoms with Crippen molar-refractivity contribution in [3.05, 3.63) is 102 Å². The van der Waals surface area contributed by atoms with Crippen molar-refractivity contribution in [2.45, 2.75) is 20.0 Å². The zero-order valence-electron chi connectivity index (χ0n) is 22.4. The van der Waals surface area contributed by atoms with Crippen LogP contribution in [-0.4, -0.2) is 58.3 Å². The Morgan fingerprint density at radius 1 is 1.02 bits per heavy atom. The molecule has 0 spiro atoms. The number of hydrogen-bond donors (Lipinski definition) is 1. The van der Waals surface area contributed by atoms with Gasteiger partial charge in [0.05, 0.1) is 30.7 Å². The minimum Gasteiger partial charge on any atom is -0.491 e. The van der Waals surface area contributed by atoms with Crippen LogP contribution in [0.4, 0.5) is 5.69 Å². The lowest BCUT2D eigenvalue weighted by Crippen LogP contribution is -2.50. The summed E-state index contributed by atoms with van der Waals surface area (Å²) in [5, 5.41) is 18.6. The maximum absolute atomic E-state index is 12.9. The molecule has 204 valence electrons. The highest BCUT2D eigenvalue weighted by Gasteiger charge is 2.25. The number of carbonyl (C=O) groups excluding carboxylic acids is 1. The van der Waals surface area contributed by atoms with Crippen LogP contribution in [0.25, 0.3) is 0 Å². The first-order valence-corrected chi connectivity index (χ1v) is 13.2. The maximum atomic E-state index is 12.9. The van der Waals surface area contributed by atoms with Crippen molar-refractivity contribution in [1.29, 1.82) is 5.26 Å². The summed E-state index contributed by atoms with van der Waals surface area (Å²) < 4.78 is 13.6. The van der Waals surface area contributed by atoms with E-state index in [9.17, 15) is 10.1 Å². The normalized spacial score (nSPS) is 13.7. The number of imidazole rings is 1. The molecule has 5 rings (SSSR count). The Hall–Kier alpha value is -4.65. The van der Waals surface area contributed by atoms with Crippen LogP contribution in [0.3, 0.4) is 0 Å². The molecule has 1 N–H and O–H groups in total. The standard InChI is InChI=1S/C31H31N5O4/c1-23-4-2-5-26(14-23)36-11-10-34(21-31(36)38)20-27-18-33-22-35(27)19-24-8-9-25(17-32)30(15-24)40-29-7-3-6-28(16-29)39-13-12-37/h2-9,14-16,18,22,37H,10-13,19-21H2,1H3. The molecule has 0 bridgehead atoms. The van der Waals surface area contributed by atoms with Gasteiger partial charge in [-0.3, -0.25) is 9.69 Å². The van der Waals surface area contributed by atoms with E-state index < -0.39 is 0 Å². The molecule has 2 heterocycles. The monoisotopic (exact) mass is 537 g/mol. The highest BCUT2D eigenvalue weighted by Crippen LogP contribution is 2.29. The number of ether oxygens (including phenoxy) is 2. The summed E-state index contributed by atoms with van der Waals surface area (Å²) in [5.41, 5.74) is 4.44. The first-order valence-electron chi connectivity index (χ1n) is 13.2. The van der Waals surface area contributed by atoms with Gasteiger partial charge in [-0.1, -0.05) is 24.3 Å². The van der Waals surface area contributed by atoms with Gasteiger partial charge in [-0.15, -0.1) is 0 Å². The van der Waals surface area contributed by atoms with Crippen molar-refractivity contribution >= 4 is 11.6 Å². The number of benzene rings is 3. The van der Waals surface area contributed by atoms with Crippen LogP contribution in [-0.2, 0) is 17.9 Å². The van der Waals surface area contributed by atoms with Crippen molar-refractivity contribution in [2.75, 3.05) is 37.7 Å². The number of carbonyl (C=O) groups is 1. The molecule has 0 radical (unpaired) electrons. The number of nitriles is 1. The van der Waals surface area contributed by atoms with Gasteiger partial charge in [-0.2, -0.15) is 5.26 Å². The molecular weight excluding hydrogens is 506 g/mol. The molecule has 1 saturated heterocycles. The molecule has 3 aromatic carbocycles. The lowest BCUT2D eigenvalue weighted by molar-refractivity contribution is -0.121. The van der Waals surface area contributed by atoms with Gasteiger partial charge in [0, 0.05) is 44.1 Å². The predicted octanol–water partition coefficient (Wildman–Crippen LogP) is 4.12. The zero-order chi connectivity index (χ0) is 27.9. The molecule has 4 aromatic rings. The van der Waals surface area contributed by atoms with Crippen LogP contribution in [0.2, 0.25) is 0 Å². The number of anilines is 1. The molecule has 40 heavy (non-hydrogen) atoms. The molecule has 0 unspecified atom stereocenters. The Morgan fingerprint density at radius 2 is 1.88 bits per heavy atom. The number of aliphatic hydroxyl groups is 1. The number of aliphatic hydroxyl groups excluding tert-OH is 1. The second kappa shape index (κ2) is 12.5. The van der Waals surface area contributed by atoms with Crippen molar-refractivity contribution in [1.82, 2.24) is 14.5 Å². The highest BCUT2D eigenvalue weighted by molar-refractivity contribution is 5.95. The smallest absolute Gasteiger partial charge is 0.241 e. The third-order valence-corrected chi connectivity index (χ3v) is 6.71. The lowest BCUT2D eigenvalue weighted by atomic mass is 10.1. The molecule has 0 atom stereocenters. The van der Waals surface area contributed by atoms with E-state index in [2.05, 4.69) is 16.0 Å². The van der Waals surface area contributed by atoms with E-state index in [1.165, 1.54) is 0 Å². The van der Waals surface area contributed by atoms with E-state index in [0.717, 1.165) is 29.1 Å². The molecule has 1 aliphatic heterocycles. The largest absolute Gasteiger partial charge is 0.491 e. The zero-order valence-corrected chi connectivity index (χ0v) is 22.4. The topological polar surface area (TPSA) is 104 Å². The number of hydrogen-bond acceptors (Lipinski definition) is 7. The Morgan fingerprint density at radius 3 is 2.67 bits per heavy atom. The van der Waals surface area contributed by atoms with E-state index in [-0.39, 0.29) is 19.1 Å². The number of aryl methyl sites for hydroxylation is 1. The summed E-state index contributed by atoms with van der Waals surface area (Å²) >= 11 is 0. The minimum atomic E-state index is -0.0815. The number of nitrogens with zero attached hydrogens (tertiary/aromatic N) is 5. The molecule has 9 nitrogen and oxygen atoms in total. The minimum absolute atomic E-state index is 0.0815. The fourth-order valence-electron chi connectivity index (χ4n) is 4.73. The van der Waals surface area contributed by atoms with E-state index in [0.29, 0.717) is 49.0 Å². The summed E-state index contributed by atoms with van der Waals surface area (Å²) in [6.45, 7) is 5.02. The van der Waals surface area contributed by atoms with Gasteiger partial charge >= 0.3 is 0 Å². The van der Waals surface area contributed by atoms with Crippen LogP contribution in [0.15, 0.2) is 79.3 Å². The number of rotatable bonds is 10. The van der Waals surface area contributed by atoms with E-state index >= 15 is 0 Å². The van der Waals surface area contributed by atoms with Gasteiger partial charge in [-0.05, 0) is 54.4 Å². The second-order valence-corrected chi connectivity index (χ2v) is 9.70. The van der Waals surface area contributed by atoms with Gasteiger partial charge in [0.2, 0.25) is 5.91 Å². The van der Waals surface area contributed by atoms with Crippen LogP contribution >= 0.6 is 0 Å². The van der Waals surface area contributed by atoms with Gasteiger partial charge in [0.1, 0.15) is 29.9 Å². The summed E-state index contributed by atoms with van der Waals surface area (Å²) in [5.74, 6) is 1.63. The fraction of sp³-hybridized carbons (Fsp3) is 0.258. The maximum Gasteiger partial charge on any atom is 0.241 e. The van der Waals surface area contributed by atoms with Crippen LogP contribution in [0.1, 0.15) is 22.4 Å². The average molecular weight is 538 g/mol. The Labute approximate surface area is 233 Å². The lowest BCUT2D eigenvalue weighted by Gasteiger charge is -2.34. The number of piperazine rings is 1. The Kier molecular flexibility index (Phi) is 8.40.